The molecular formula is C18H21NO. The molecule has 1 aliphatic heterocycles. The molecule has 1 aromatic rings. The first kappa shape index (κ1) is 13.3. The Morgan fingerprint density at radius 3 is 2.70 bits per heavy atom. The van der Waals surface area contributed by atoms with Crippen LogP contribution in [0.1, 0.15) is 50.3 Å². The van der Waals surface area contributed by atoms with E-state index in [1.165, 1.54) is 35.3 Å². The van der Waals surface area contributed by atoms with Crippen LogP contribution in [0.2, 0.25) is 0 Å². The van der Waals surface area contributed by atoms with Gasteiger partial charge in [0.25, 0.3) is 0 Å². The van der Waals surface area contributed by atoms with Crippen molar-refractivity contribution in [2.45, 2.75) is 39.2 Å². The van der Waals surface area contributed by atoms with Gasteiger partial charge in [-0.1, -0.05) is 35.9 Å². The van der Waals surface area contributed by atoms with Gasteiger partial charge < -0.3 is 5.11 Å². The van der Waals surface area contributed by atoms with Crippen LogP contribution in [0.25, 0.3) is 0 Å². The van der Waals surface area contributed by atoms with Gasteiger partial charge in [0.1, 0.15) is 0 Å². The number of rotatable bonds is 2. The highest BCUT2D eigenvalue weighted by atomic mass is 16.3. The summed E-state index contributed by atoms with van der Waals surface area (Å²) in [6.07, 6.45) is 7.40. The van der Waals surface area contributed by atoms with E-state index in [-0.39, 0.29) is 0 Å². The summed E-state index contributed by atoms with van der Waals surface area (Å²) < 4.78 is 0. The summed E-state index contributed by atoms with van der Waals surface area (Å²) in [5.74, 6) is 0.627. The highest BCUT2D eigenvalue weighted by molar-refractivity contribution is 6.02. The van der Waals surface area contributed by atoms with Crippen LogP contribution in [0, 0.1) is 5.92 Å². The van der Waals surface area contributed by atoms with Gasteiger partial charge >= 0.3 is 0 Å². The summed E-state index contributed by atoms with van der Waals surface area (Å²) in [5, 5.41) is 9.56. The number of aliphatic imine (C=N–C) groups is 1. The van der Waals surface area contributed by atoms with Crippen LogP contribution in [0.4, 0.5) is 0 Å². The maximum atomic E-state index is 9.56. The minimum Gasteiger partial charge on any atom is -0.389 e. The lowest BCUT2D eigenvalue weighted by atomic mass is 9.80. The molecule has 0 spiro atoms. The molecule has 20 heavy (non-hydrogen) atoms. The minimum atomic E-state index is -0.407. The van der Waals surface area contributed by atoms with Crippen molar-refractivity contribution in [1.82, 2.24) is 0 Å². The van der Waals surface area contributed by atoms with Gasteiger partial charge in [0.2, 0.25) is 0 Å². The molecule has 1 N–H and O–H groups in total. The normalized spacial score (nSPS) is 23.4. The molecule has 2 heteroatoms. The standard InChI is InChI=1S/C18H21NO/c1-12-3-4-16-10-18(19-11-17(16)9-12)15-7-5-14(6-8-15)13(2)20/h5-9,11,13,16,20H,3-4,10H2,1-2H3. The summed E-state index contributed by atoms with van der Waals surface area (Å²) in [7, 11) is 0. The molecule has 0 radical (unpaired) electrons. The monoisotopic (exact) mass is 267 g/mol. The Morgan fingerprint density at radius 1 is 1.25 bits per heavy atom. The summed E-state index contributed by atoms with van der Waals surface area (Å²) in [6, 6.07) is 8.13. The van der Waals surface area contributed by atoms with Crippen LogP contribution in [0.3, 0.4) is 0 Å². The number of hydrogen-bond acceptors (Lipinski definition) is 2. The number of nitrogens with zero attached hydrogens (tertiary/aromatic N) is 1. The Hall–Kier alpha value is -1.67. The zero-order chi connectivity index (χ0) is 14.1. The first-order chi connectivity index (χ1) is 9.63. The molecule has 0 saturated heterocycles. The van der Waals surface area contributed by atoms with Gasteiger partial charge in [-0.15, -0.1) is 0 Å². The average molecular weight is 267 g/mol. The van der Waals surface area contributed by atoms with Crippen molar-refractivity contribution in [3.63, 3.8) is 0 Å². The molecular weight excluding hydrogens is 246 g/mol. The van der Waals surface area contributed by atoms with E-state index in [2.05, 4.69) is 30.1 Å². The van der Waals surface area contributed by atoms with Gasteiger partial charge in [-0.25, -0.2) is 0 Å². The first-order valence-electron chi connectivity index (χ1n) is 7.36. The van der Waals surface area contributed by atoms with E-state index in [0.29, 0.717) is 5.92 Å². The molecule has 0 amide bonds. The lowest BCUT2D eigenvalue weighted by Gasteiger charge is -2.26. The summed E-state index contributed by atoms with van der Waals surface area (Å²) >= 11 is 0. The number of aliphatic hydroxyl groups is 1. The Bertz CT molecular complexity index is 590. The van der Waals surface area contributed by atoms with E-state index in [1.807, 2.05) is 18.3 Å². The van der Waals surface area contributed by atoms with Gasteiger partial charge in [0.05, 0.1) is 6.10 Å². The van der Waals surface area contributed by atoms with Crippen LogP contribution in [0.15, 0.2) is 52.7 Å². The predicted molar refractivity (Wildman–Crippen MR) is 82.8 cm³/mol. The fourth-order valence-corrected chi connectivity index (χ4v) is 2.99. The highest BCUT2D eigenvalue weighted by Crippen LogP contribution is 2.34. The van der Waals surface area contributed by atoms with Crippen LogP contribution >= 0.6 is 0 Å². The van der Waals surface area contributed by atoms with Crippen LogP contribution in [0.5, 0.6) is 0 Å². The third-order valence-electron chi connectivity index (χ3n) is 4.31. The van der Waals surface area contributed by atoms with Crippen molar-refractivity contribution in [2.75, 3.05) is 0 Å². The van der Waals surface area contributed by atoms with Crippen molar-refractivity contribution >= 4 is 5.71 Å². The Labute approximate surface area is 120 Å². The summed E-state index contributed by atoms with van der Waals surface area (Å²) in [4.78, 5) is 4.64. The molecule has 0 aromatic heterocycles. The van der Waals surface area contributed by atoms with Crippen molar-refractivity contribution < 1.29 is 5.11 Å². The van der Waals surface area contributed by atoms with Crippen molar-refractivity contribution in [3.8, 4) is 0 Å². The fraction of sp³-hybridized carbons (Fsp3) is 0.389. The zero-order valence-corrected chi connectivity index (χ0v) is 12.1. The summed E-state index contributed by atoms with van der Waals surface area (Å²) in [5.41, 5.74) is 6.16. The van der Waals surface area contributed by atoms with Crippen molar-refractivity contribution in [2.24, 2.45) is 10.9 Å². The molecule has 1 aromatic carbocycles. The second-order valence-corrected chi connectivity index (χ2v) is 5.93. The highest BCUT2D eigenvalue weighted by Gasteiger charge is 2.23. The minimum absolute atomic E-state index is 0.407. The molecule has 2 unspecified atom stereocenters. The average Bonchev–Trinajstić information content (AvgIpc) is 2.47. The number of benzene rings is 1. The lowest BCUT2D eigenvalue weighted by Crippen LogP contribution is -2.17. The molecule has 1 heterocycles. The number of aliphatic hydroxyl groups excluding tert-OH is 1. The van der Waals surface area contributed by atoms with Crippen molar-refractivity contribution in [1.29, 1.82) is 0 Å². The second kappa shape index (κ2) is 5.37. The largest absolute Gasteiger partial charge is 0.389 e. The van der Waals surface area contributed by atoms with Crippen LogP contribution < -0.4 is 0 Å². The van der Waals surface area contributed by atoms with Crippen LogP contribution in [-0.2, 0) is 0 Å². The molecule has 3 rings (SSSR count). The van der Waals surface area contributed by atoms with E-state index < -0.39 is 6.10 Å². The molecule has 0 bridgehead atoms. The van der Waals surface area contributed by atoms with E-state index in [9.17, 15) is 5.11 Å². The fourth-order valence-electron chi connectivity index (χ4n) is 2.99. The van der Waals surface area contributed by atoms with Gasteiger partial charge in [0.15, 0.2) is 0 Å². The van der Waals surface area contributed by atoms with Gasteiger partial charge in [-0.3, -0.25) is 4.99 Å². The number of hydrogen-bond donors (Lipinski definition) is 1. The molecule has 2 nitrogen and oxygen atoms in total. The third kappa shape index (κ3) is 2.61. The maximum Gasteiger partial charge on any atom is 0.0761 e. The lowest BCUT2D eigenvalue weighted by molar-refractivity contribution is 0.199. The van der Waals surface area contributed by atoms with E-state index in [4.69, 9.17) is 0 Å². The third-order valence-corrected chi connectivity index (χ3v) is 4.31. The van der Waals surface area contributed by atoms with E-state index in [1.54, 1.807) is 6.92 Å². The van der Waals surface area contributed by atoms with Gasteiger partial charge in [0, 0.05) is 11.9 Å². The Morgan fingerprint density at radius 2 is 2.00 bits per heavy atom. The zero-order valence-electron chi connectivity index (χ0n) is 12.1. The molecule has 2 aliphatic rings. The first-order valence-corrected chi connectivity index (χ1v) is 7.36. The topological polar surface area (TPSA) is 32.6 Å². The molecule has 104 valence electrons. The smallest absolute Gasteiger partial charge is 0.0761 e. The maximum absolute atomic E-state index is 9.56. The number of allylic oxidation sites excluding steroid dienone is 3. The molecule has 0 fully saturated rings. The quantitative estimate of drug-likeness (QED) is 0.857. The molecule has 1 aliphatic carbocycles. The van der Waals surface area contributed by atoms with E-state index in [0.717, 1.165) is 12.0 Å². The van der Waals surface area contributed by atoms with Gasteiger partial charge in [-0.05, 0) is 55.7 Å². The Kier molecular flexibility index (Phi) is 3.58. The molecule has 0 saturated carbocycles. The Balaban J connectivity index is 1.85. The van der Waals surface area contributed by atoms with Gasteiger partial charge in [-0.2, -0.15) is 0 Å². The second-order valence-electron chi connectivity index (χ2n) is 5.93. The van der Waals surface area contributed by atoms with E-state index >= 15 is 0 Å². The predicted octanol–water partition coefficient (Wildman–Crippen LogP) is 4.17. The van der Waals surface area contributed by atoms with Crippen LogP contribution in [-0.4, -0.2) is 10.8 Å². The van der Waals surface area contributed by atoms with Crippen molar-refractivity contribution in [3.05, 3.63) is 58.8 Å². The SMILES string of the molecule is CC1=CC2=CN=C(c3ccc(C(C)O)cc3)CC2CC1. The number of fused-ring (bicyclic) bond motifs is 1. The summed E-state index contributed by atoms with van der Waals surface area (Å²) in [6.45, 7) is 3.99. The molecule has 2 atom stereocenters.